The van der Waals surface area contributed by atoms with Crippen LogP contribution in [0.15, 0.2) is 274 Å². The largest absolute Gasteiger partial charge is 0.456 e. The lowest BCUT2D eigenvalue weighted by atomic mass is 10.0. The summed E-state index contributed by atoms with van der Waals surface area (Å²) in [6.07, 6.45) is 0. The number of halogens is 3. The molecule has 0 saturated heterocycles. The molecule has 0 amide bonds. The highest BCUT2D eigenvalue weighted by Gasteiger charge is 2.31. The molecule has 0 unspecified atom stereocenters. The van der Waals surface area contributed by atoms with Crippen LogP contribution in [0.5, 0.6) is 23.0 Å². The van der Waals surface area contributed by atoms with Crippen molar-refractivity contribution < 1.29 is 9.47 Å². The van der Waals surface area contributed by atoms with Crippen molar-refractivity contribution in [1.82, 2.24) is 0 Å². The highest BCUT2D eigenvalue weighted by Crippen LogP contribution is 2.56. The number of benzene rings is 11. The smallest absolute Gasteiger partial charge is 0.149 e. The Morgan fingerprint density at radius 3 is 0.963 bits per heavy atom. The standard InChI is InChI=1S/C70H54Cl3N3O2S2/c1-47-25-23-26-48(2)69(47)75(54-43-62(77-56-33-15-7-16-34-56)67(72)64(45-54)79-58-37-19-9-20-38-58)60-41-53(74(51-29-11-5-12-30-51)52-31-13-6-14-32-52)42-61(66(60)71)76(70-49(3)27-24-28-50(70)4)55-44-63(78-57-35-17-8-18-36-57)68(73)65(46-55)80-59-39-21-10-22-40-59/h5-46H,1-4H3. The number of aryl methyl sites for hydroxylation is 4. The van der Waals surface area contributed by atoms with Crippen LogP contribution in [-0.2, 0) is 0 Å². The van der Waals surface area contributed by atoms with E-state index in [1.165, 1.54) is 0 Å². The number of ether oxygens (including phenoxy) is 2. The molecule has 0 aliphatic carbocycles. The van der Waals surface area contributed by atoms with E-state index in [2.05, 4.69) is 176 Å². The van der Waals surface area contributed by atoms with Gasteiger partial charge in [0.15, 0.2) is 0 Å². The number of rotatable bonds is 17. The summed E-state index contributed by atoms with van der Waals surface area (Å²) in [4.78, 5) is 10.5. The van der Waals surface area contributed by atoms with Crippen LogP contribution in [0.3, 0.4) is 0 Å². The van der Waals surface area contributed by atoms with E-state index in [1.54, 1.807) is 23.5 Å². The third kappa shape index (κ3) is 11.8. The van der Waals surface area contributed by atoms with Crippen molar-refractivity contribution in [1.29, 1.82) is 0 Å². The van der Waals surface area contributed by atoms with Crippen LogP contribution < -0.4 is 24.2 Å². The lowest BCUT2D eigenvalue weighted by molar-refractivity contribution is 0.481. The van der Waals surface area contributed by atoms with Gasteiger partial charge in [-0.25, -0.2) is 0 Å². The third-order valence-corrected chi connectivity index (χ3v) is 17.0. The minimum Gasteiger partial charge on any atom is -0.456 e. The van der Waals surface area contributed by atoms with Gasteiger partial charge >= 0.3 is 0 Å². The lowest BCUT2D eigenvalue weighted by Gasteiger charge is -2.36. The van der Waals surface area contributed by atoms with Crippen LogP contribution in [-0.4, -0.2) is 0 Å². The first-order valence-electron chi connectivity index (χ1n) is 26.1. The van der Waals surface area contributed by atoms with Crippen molar-refractivity contribution >= 4 is 110 Å². The second kappa shape index (κ2) is 24.6. The summed E-state index contributed by atoms with van der Waals surface area (Å²) in [7, 11) is 0. The van der Waals surface area contributed by atoms with Crippen molar-refractivity contribution in [3.8, 4) is 23.0 Å². The molecular formula is C70H54Cl3N3O2S2. The fraction of sp³-hybridized carbons (Fsp3) is 0.0571. The van der Waals surface area contributed by atoms with Crippen LogP contribution in [0.1, 0.15) is 22.3 Å². The summed E-state index contributed by atoms with van der Waals surface area (Å²) in [5, 5.41) is 1.43. The second-order valence-electron chi connectivity index (χ2n) is 19.1. The SMILES string of the molecule is Cc1cccc(C)c1N(c1cc(Oc2ccccc2)c(Cl)c(Sc2ccccc2)c1)c1cc(N(c2ccccc2)c2ccccc2)cc(N(c2cc(Oc3ccccc3)c(Cl)c(Sc3ccccc3)c2)c2c(C)cccc2C)c1Cl. The zero-order valence-corrected chi connectivity index (χ0v) is 48.3. The van der Waals surface area contributed by atoms with Crippen LogP contribution in [0.25, 0.3) is 0 Å². The minimum atomic E-state index is 0.468. The number of hydrogen-bond donors (Lipinski definition) is 0. The Balaban J connectivity index is 1.25. The van der Waals surface area contributed by atoms with Gasteiger partial charge in [0.25, 0.3) is 0 Å². The van der Waals surface area contributed by atoms with Gasteiger partial charge in [0, 0.05) is 43.1 Å². The molecule has 5 nitrogen and oxygen atoms in total. The van der Waals surface area contributed by atoms with Gasteiger partial charge in [-0.15, -0.1) is 0 Å². The summed E-state index contributed by atoms with van der Waals surface area (Å²) in [5.41, 5.74) is 11.7. The lowest BCUT2D eigenvalue weighted by Crippen LogP contribution is -2.19. The van der Waals surface area contributed by atoms with Gasteiger partial charge in [0.1, 0.15) is 23.0 Å². The van der Waals surface area contributed by atoms with Gasteiger partial charge in [-0.2, -0.15) is 0 Å². The molecule has 10 heteroatoms. The fourth-order valence-electron chi connectivity index (χ4n) is 9.86. The first-order chi connectivity index (χ1) is 39.1. The molecule has 0 aromatic heterocycles. The van der Waals surface area contributed by atoms with Crippen molar-refractivity contribution in [2.24, 2.45) is 0 Å². The molecule has 0 N–H and O–H groups in total. The van der Waals surface area contributed by atoms with Gasteiger partial charge in [0.05, 0.1) is 54.9 Å². The highest BCUT2D eigenvalue weighted by atomic mass is 35.5. The van der Waals surface area contributed by atoms with E-state index < -0.39 is 0 Å². The molecule has 11 aromatic rings. The molecule has 80 heavy (non-hydrogen) atoms. The second-order valence-corrected chi connectivity index (χ2v) is 22.5. The predicted molar refractivity (Wildman–Crippen MR) is 339 cm³/mol. The summed E-state index contributed by atoms with van der Waals surface area (Å²) < 4.78 is 13.6. The van der Waals surface area contributed by atoms with Gasteiger partial charge in [-0.3, -0.25) is 0 Å². The van der Waals surface area contributed by atoms with E-state index in [0.29, 0.717) is 49.4 Å². The first-order valence-corrected chi connectivity index (χ1v) is 28.9. The quantitative estimate of drug-likeness (QED) is 0.0897. The van der Waals surface area contributed by atoms with E-state index in [4.69, 9.17) is 44.3 Å². The Hall–Kier alpha value is -8.01. The Labute approximate surface area is 492 Å². The molecule has 0 radical (unpaired) electrons. The molecule has 11 rings (SSSR count). The number of para-hydroxylation sites is 6. The van der Waals surface area contributed by atoms with Gasteiger partial charge in [-0.05, 0) is 147 Å². The molecule has 394 valence electrons. The zero-order chi connectivity index (χ0) is 55.1. The molecule has 0 aliphatic rings. The van der Waals surface area contributed by atoms with Crippen LogP contribution >= 0.6 is 58.3 Å². The molecule has 0 atom stereocenters. The maximum atomic E-state index is 8.49. The predicted octanol–water partition coefficient (Wildman–Crippen LogP) is 23.2. The maximum absolute atomic E-state index is 8.49. The van der Waals surface area contributed by atoms with Crippen molar-refractivity contribution in [2.75, 3.05) is 14.7 Å². The first kappa shape index (κ1) is 54.0. The van der Waals surface area contributed by atoms with Crippen molar-refractivity contribution in [3.05, 3.63) is 292 Å². The number of hydrogen-bond acceptors (Lipinski definition) is 7. The molecule has 0 aliphatic heterocycles. The summed E-state index contributed by atoms with van der Waals surface area (Å²) in [6.45, 7) is 8.56. The van der Waals surface area contributed by atoms with Crippen LogP contribution in [0.4, 0.5) is 51.2 Å². The van der Waals surface area contributed by atoms with E-state index in [1.807, 2.05) is 121 Å². The highest BCUT2D eigenvalue weighted by molar-refractivity contribution is 7.99. The maximum Gasteiger partial charge on any atom is 0.149 e. The average molecular weight is 1140 g/mol. The average Bonchev–Trinajstić information content (AvgIpc) is 3.48. The molecule has 11 aromatic carbocycles. The van der Waals surface area contributed by atoms with Gasteiger partial charge < -0.3 is 24.2 Å². The molecule has 0 spiro atoms. The Morgan fingerprint density at radius 2 is 0.613 bits per heavy atom. The molecule has 0 bridgehead atoms. The normalized spacial score (nSPS) is 11.0. The van der Waals surface area contributed by atoms with E-state index >= 15 is 0 Å². The summed E-state index contributed by atoms with van der Waals surface area (Å²) >= 11 is 26.7. The Kier molecular flexibility index (Phi) is 16.6. The van der Waals surface area contributed by atoms with Crippen molar-refractivity contribution in [2.45, 2.75) is 47.3 Å². The monoisotopic (exact) mass is 1140 g/mol. The van der Waals surface area contributed by atoms with Crippen LogP contribution in [0.2, 0.25) is 15.1 Å². The minimum absolute atomic E-state index is 0.468. The van der Waals surface area contributed by atoms with Gasteiger partial charge in [0.2, 0.25) is 0 Å². The van der Waals surface area contributed by atoms with E-state index in [0.717, 1.165) is 81.6 Å². The molecule has 0 heterocycles. The summed E-state index contributed by atoms with van der Waals surface area (Å²) in [5.74, 6) is 2.27. The topological polar surface area (TPSA) is 28.2 Å². The Morgan fingerprint density at radius 1 is 0.300 bits per heavy atom. The zero-order valence-electron chi connectivity index (χ0n) is 44.4. The van der Waals surface area contributed by atoms with Gasteiger partial charge in [-0.1, -0.05) is 204 Å². The Bertz CT molecular complexity index is 3520. The number of nitrogens with zero attached hydrogens (tertiary/aromatic N) is 3. The van der Waals surface area contributed by atoms with E-state index in [9.17, 15) is 0 Å². The molecule has 0 saturated carbocycles. The van der Waals surface area contributed by atoms with Crippen LogP contribution in [0, 0.1) is 27.7 Å². The van der Waals surface area contributed by atoms with E-state index in [-0.39, 0.29) is 0 Å². The third-order valence-electron chi connectivity index (χ3n) is 13.5. The molecular weight excluding hydrogens is 1090 g/mol. The fourth-order valence-corrected chi connectivity index (χ4v) is 12.5. The van der Waals surface area contributed by atoms with Crippen molar-refractivity contribution in [3.63, 3.8) is 0 Å². The molecule has 0 fully saturated rings. The summed E-state index contributed by atoms with van der Waals surface area (Å²) in [6, 6.07) is 86.3. The number of anilines is 9.